The maximum absolute atomic E-state index is 11.8. The number of amides is 2. The summed E-state index contributed by atoms with van der Waals surface area (Å²) in [5, 5.41) is 14.1. The van der Waals surface area contributed by atoms with Gasteiger partial charge in [-0.2, -0.15) is 0 Å². The van der Waals surface area contributed by atoms with E-state index in [1.165, 1.54) is 6.20 Å². The molecule has 110 valence electrons. The fourth-order valence-electron chi connectivity index (χ4n) is 1.65. The highest BCUT2D eigenvalue weighted by Crippen LogP contribution is 2.18. The molecule has 2 amide bonds. The van der Waals surface area contributed by atoms with Crippen LogP contribution in [0.1, 0.15) is 35.3 Å². The summed E-state index contributed by atoms with van der Waals surface area (Å²) in [6.07, 6.45) is 3.83. The number of hydrogen-bond acceptors (Lipinski definition) is 4. The average Bonchev–Trinajstić information content (AvgIpc) is 3.29. The molecule has 3 N–H and O–H groups in total. The van der Waals surface area contributed by atoms with Crippen LogP contribution < -0.4 is 10.6 Å². The Morgan fingerprint density at radius 3 is 2.81 bits per heavy atom. The molecule has 6 heteroatoms. The molecule has 0 atom stereocenters. The summed E-state index contributed by atoms with van der Waals surface area (Å²) < 4.78 is 0. The first-order chi connectivity index (χ1) is 10.2. The molecule has 0 saturated heterocycles. The number of rotatable bonds is 5. The summed E-state index contributed by atoms with van der Waals surface area (Å²) in [5.41, 5.74) is 0.900. The van der Waals surface area contributed by atoms with Crippen LogP contribution in [0.3, 0.4) is 0 Å². The summed E-state index contributed by atoms with van der Waals surface area (Å²) in [6, 6.07) is 3.55. The van der Waals surface area contributed by atoms with E-state index in [4.69, 9.17) is 5.11 Å². The Hall–Kier alpha value is -2.39. The maximum atomic E-state index is 11.8. The molecule has 0 spiro atoms. The molecule has 1 aromatic heterocycles. The van der Waals surface area contributed by atoms with Crippen molar-refractivity contribution in [3.05, 3.63) is 29.6 Å². The van der Waals surface area contributed by atoms with Gasteiger partial charge < -0.3 is 15.7 Å². The van der Waals surface area contributed by atoms with Gasteiger partial charge in [0.05, 0.1) is 0 Å². The second kappa shape index (κ2) is 7.41. The van der Waals surface area contributed by atoms with Crippen molar-refractivity contribution in [1.82, 2.24) is 15.6 Å². The highest BCUT2D eigenvalue weighted by atomic mass is 16.2. The van der Waals surface area contributed by atoms with E-state index in [0.29, 0.717) is 11.6 Å². The number of aromatic nitrogens is 1. The van der Waals surface area contributed by atoms with Crippen LogP contribution in [0.4, 0.5) is 0 Å². The molecule has 1 saturated carbocycles. The van der Waals surface area contributed by atoms with Gasteiger partial charge in [0.25, 0.3) is 5.91 Å². The summed E-state index contributed by atoms with van der Waals surface area (Å²) in [4.78, 5) is 27.2. The first-order valence-corrected chi connectivity index (χ1v) is 6.82. The first-order valence-electron chi connectivity index (χ1n) is 6.82. The van der Waals surface area contributed by atoms with Gasteiger partial charge in [-0.05, 0) is 25.0 Å². The third kappa shape index (κ3) is 5.24. The number of aliphatic hydroxyl groups is 1. The van der Waals surface area contributed by atoms with E-state index in [0.717, 1.165) is 12.8 Å². The quantitative estimate of drug-likeness (QED) is 0.655. The minimum atomic E-state index is -0.323. The molecule has 1 aliphatic carbocycles. The Morgan fingerprint density at radius 1 is 1.38 bits per heavy atom. The van der Waals surface area contributed by atoms with E-state index in [1.807, 2.05) is 0 Å². The number of nitrogens with one attached hydrogen (secondary N) is 2. The summed E-state index contributed by atoms with van der Waals surface area (Å²) in [5.74, 6) is 4.83. The third-order valence-corrected chi connectivity index (χ3v) is 2.89. The molecule has 2 rings (SSSR count). The van der Waals surface area contributed by atoms with Crippen molar-refractivity contribution >= 4 is 11.8 Å². The maximum Gasteiger partial charge on any atom is 0.269 e. The van der Waals surface area contributed by atoms with Crippen LogP contribution in [0.25, 0.3) is 0 Å². The molecule has 1 aromatic rings. The predicted octanol–water partition coefficient (Wildman–Crippen LogP) is -0.176. The molecule has 0 unspecified atom stereocenters. The zero-order valence-corrected chi connectivity index (χ0v) is 11.6. The Labute approximate surface area is 123 Å². The molecule has 0 aromatic carbocycles. The number of hydrogen-bond donors (Lipinski definition) is 3. The Kier molecular flexibility index (Phi) is 5.29. The highest BCUT2D eigenvalue weighted by Gasteiger charge is 2.22. The lowest BCUT2D eigenvalue weighted by molar-refractivity contribution is -0.121. The van der Waals surface area contributed by atoms with Crippen molar-refractivity contribution in [1.29, 1.82) is 0 Å². The third-order valence-electron chi connectivity index (χ3n) is 2.89. The standard InChI is InChI=1S/C15H17N3O3/c19-9-1-2-11-3-6-13(17-10-11)15(21)16-8-7-14(20)18-12-4-5-12/h3,6,10,12,19H,4-5,7-9H2,(H,16,21)(H,18,20). The lowest BCUT2D eigenvalue weighted by Crippen LogP contribution is -2.32. The normalized spacial score (nSPS) is 13.0. The average molecular weight is 287 g/mol. The van der Waals surface area contributed by atoms with Gasteiger partial charge in [0.15, 0.2) is 0 Å². The van der Waals surface area contributed by atoms with Crippen molar-refractivity contribution in [2.45, 2.75) is 25.3 Å². The smallest absolute Gasteiger partial charge is 0.269 e. The van der Waals surface area contributed by atoms with E-state index >= 15 is 0 Å². The Balaban J connectivity index is 1.75. The van der Waals surface area contributed by atoms with Gasteiger partial charge in [-0.25, -0.2) is 4.98 Å². The summed E-state index contributed by atoms with van der Waals surface area (Å²) in [6.45, 7) is 0.0658. The molecular weight excluding hydrogens is 270 g/mol. The molecule has 21 heavy (non-hydrogen) atoms. The van der Waals surface area contributed by atoms with E-state index < -0.39 is 0 Å². The van der Waals surface area contributed by atoms with Crippen LogP contribution in [0, 0.1) is 11.8 Å². The lowest BCUT2D eigenvalue weighted by atomic mass is 10.2. The van der Waals surface area contributed by atoms with Crippen molar-refractivity contribution in [3.8, 4) is 11.8 Å². The molecule has 1 aliphatic rings. The number of pyridine rings is 1. The van der Waals surface area contributed by atoms with Gasteiger partial charge in [0, 0.05) is 30.8 Å². The summed E-state index contributed by atoms with van der Waals surface area (Å²) >= 11 is 0. The van der Waals surface area contributed by atoms with E-state index in [9.17, 15) is 9.59 Å². The molecule has 0 bridgehead atoms. The fraction of sp³-hybridized carbons (Fsp3) is 0.400. The minimum absolute atomic E-state index is 0.0413. The highest BCUT2D eigenvalue weighted by molar-refractivity contribution is 5.92. The number of aliphatic hydroxyl groups excluding tert-OH is 1. The molecule has 1 heterocycles. The van der Waals surface area contributed by atoms with Gasteiger partial charge in [-0.3, -0.25) is 9.59 Å². The number of nitrogens with zero attached hydrogens (tertiary/aromatic N) is 1. The van der Waals surface area contributed by atoms with Crippen LogP contribution in [0.5, 0.6) is 0 Å². The fourth-order valence-corrected chi connectivity index (χ4v) is 1.65. The zero-order valence-electron chi connectivity index (χ0n) is 11.6. The molecular formula is C15H17N3O3. The first kappa shape index (κ1) is 15.0. The Bertz CT molecular complexity index is 568. The molecule has 0 radical (unpaired) electrons. The van der Waals surface area contributed by atoms with Crippen molar-refractivity contribution in [3.63, 3.8) is 0 Å². The van der Waals surface area contributed by atoms with E-state index in [2.05, 4.69) is 27.5 Å². The monoisotopic (exact) mass is 287 g/mol. The second-order valence-electron chi connectivity index (χ2n) is 4.74. The Morgan fingerprint density at radius 2 is 2.19 bits per heavy atom. The molecule has 0 aliphatic heterocycles. The van der Waals surface area contributed by atoms with Gasteiger partial charge in [0.1, 0.15) is 12.3 Å². The SMILES string of the molecule is O=C(CCNC(=O)c1ccc(C#CCO)cn1)NC1CC1. The molecule has 6 nitrogen and oxygen atoms in total. The minimum Gasteiger partial charge on any atom is -0.384 e. The van der Waals surface area contributed by atoms with Crippen molar-refractivity contribution < 1.29 is 14.7 Å². The van der Waals surface area contributed by atoms with Gasteiger partial charge in [0.2, 0.25) is 5.91 Å². The van der Waals surface area contributed by atoms with Crippen LogP contribution in [-0.2, 0) is 4.79 Å². The number of carbonyl (C=O) groups is 2. The zero-order chi connectivity index (χ0) is 15.1. The topological polar surface area (TPSA) is 91.3 Å². The van der Waals surface area contributed by atoms with Gasteiger partial charge in [-0.1, -0.05) is 11.8 Å². The van der Waals surface area contributed by atoms with Gasteiger partial charge >= 0.3 is 0 Å². The number of carbonyl (C=O) groups excluding carboxylic acids is 2. The van der Waals surface area contributed by atoms with Crippen LogP contribution >= 0.6 is 0 Å². The van der Waals surface area contributed by atoms with Gasteiger partial charge in [-0.15, -0.1) is 0 Å². The summed E-state index contributed by atoms with van der Waals surface area (Å²) in [7, 11) is 0. The van der Waals surface area contributed by atoms with Crippen molar-refractivity contribution in [2.75, 3.05) is 13.2 Å². The predicted molar refractivity (Wildman–Crippen MR) is 76.3 cm³/mol. The van der Waals surface area contributed by atoms with E-state index in [-0.39, 0.29) is 37.1 Å². The van der Waals surface area contributed by atoms with Crippen molar-refractivity contribution in [2.24, 2.45) is 0 Å². The lowest BCUT2D eigenvalue weighted by Gasteiger charge is -2.05. The molecule has 1 fully saturated rings. The largest absolute Gasteiger partial charge is 0.384 e. The van der Waals surface area contributed by atoms with Crippen LogP contribution in [0.15, 0.2) is 18.3 Å². The van der Waals surface area contributed by atoms with E-state index in [1.54, 1.807) is 12.1 Å². The van der Waals surface area contributed by atoms with Crippen LogP contribution in [0.2, 0.25) is 0 Å². The second-order valence-corrected chi connectivity index (χ2v) is 4.74. The van der Waals surface area contributed by atoms with Crippen LogP contribution in [-0.4, -0.2) is 41.1 Å².